The van der Waals surface area contributed by atoms with Gasteiger partial charge in [-0.3, -0.25) is 9.82 Å². The predicted molar refractivity (Wildman–Crippen MR) is 46.3 cm³/mol. The second-order valence-electron chi connectivity index (χ2n) is 2.46. The monoisotopic (exact) mass is 200 g/mol. The van der Waals surface area contributed by atoms with E-state index >= 15 is 0 Å². The Hall–Kier alpha value is -1.55. The Labute approximate surface area is 75.6 Å². The van der Waals surface area contributed by atoms with Crippen LogP contribution in [-0.2, 0) is 10.0 Å². The summed E-state index contributed by atoms with van der Waals surface area (Å²) < 4.78 is 24.2. The van der Waals surface area contributed by atoms with Crippen molar-refractivity contribution in [3.63, 3.8) is 0 Å². The van der Waals surface area contributed by atoms with Crippen LogP contribution < -0.4 is 4.72 Å². The molecular weight excluding hydrogens is 192 g/mol. The van der Waals surface area contributed by atoms with E-state index in [9.17, 15) is 8.42 Å². The Morgan fingerprint density at radius 2 is 2.46 bits per heavy atom. The van der Waals surface area contributed by atoms with E-state index < -0.39 is 15.8 Å². The molecule has 1 aromatic heterocycles. The highest BCUT2D eigenvalue weighted by Gasteiger charge is 2.10. The molecule has 0 fully saturated rings. The summed E-state index contributed by atoms with van der Waals surface area (Å²) in [5, 5.41) is 14.4. The second kappa shape index (κ2) is 3.45. The molecule has 0 saturated carbocycles. The lowest BCUT2D eigenvalue weighted by Crippen LogP contribution is -2.15. The first kappa shape index (κ1) is 9.54. The number of H-pyrrole nitrogens is 1. The average Bonchev–Trinajstić information content (AvgIpc) is 2.34. The van der Waals surface area contributed by atoms with Gasteiger partial charge in [-0.1, -0.05) is 0 Å². The smallest absolute Gasteiger partial charge is 0.247 e. The second-order valence-corrected chi connectivity index (χ2v) is 4.18. The highest BCUT2D eigenvalue weighted by atomic mass is 32.2. The number of nitrogens with zero attached hydrogens (tertiary/aromatic N) is 2. The lowest BCUT2D eigenvalue weighted by Gasteiger charge is -1.98. The molecule has 1 aromatic rings. The largest absolute Gasteiger partial charge is 0.281 e. The summed E-state index contributed by atoms with van der Waals surface area (Å²) in [6.07, 6.45) is 0. The van der Waals surface area contributed by atoms with Crippen molar-refractivity contribution in [2.75, 3.05) is 10.5 Å². The van der Waals surface area contributed by atoms with Gasteiger partial charge in [0.25, 0.3) is 0 Å². The summed E-state index contributed by atoms with van der Waals surface area (Å²) in [5.74, 6) is -0.369. The van der Waals surface area contributed by atoms with Crippen LogP contribution in [-0.4, -0.2) is 24.4 Å². The number of aromatic amines is 1. The van der Waals surface area contributed by atoms with Gasteiger partial charge in [-0.05, 0) is 6.92 Å². The fourth-order valence-electron chi connectivity index (χ4n) is 0.751. The van der Waals surface area contributed by atoms with Crippen molar-refractivity contribution in [2.45, 2.75) is 6.92 Å². The first-order valence-electron chi connectivity index (χ1n) is 3.43. The molecule has 0 aliphatic heterocycles. The molecule has 7 heteroatoms. The van der Waals surface area contributed by atoms with Crippen LogP contribution in [0.3, 0.4) is 0 Å². The standard InChI is InChI=1S/C6H8N4O2S/c1-5-4-6(9-8-5)10-13(11,12)3-2-7/h4H,3H2,1H3,(H2,8,9,10). The molecule has 0 aromatic carbocycles. The highest BCUT2D eigenvalue weighted by Crippen LogP contribution is 2.05. The van der Waals surface area contributed by atoms with Gasteiger partial charge in [0.1, 0.15) is 0 Å². The predicted octanol–water partition coefficient (Wildman–Crippen LogP) is -0.0166. The third kappa shape index (κ3) is 2.76. The first-order valence-corrected chi connectivity index (χ1v) is 5.08. The zero-order chi connectivity index (χ0) is 9.90. The van der Waals surface area contributed by atoms with Gasteiger partial charge in [-0.2, -0.15) is 10.4 Å². The Bertz CT molecular complexity index is 428. The molecular formula is C6H8N4O2S. The number of nitrogens with one attached hydrogen (secondary N) is 2. The number of aryl methyl sites for hydroxylation is 1. The van der Waals surface area contributed by atoms with Crippen LogP contribution in [0.2, 0.25) is 0 Å². The molecule has 0 saturated heterocycles. The number of anilines is 1. The van der Waals surface area contributed by atoms with Crippen molar-refractivity contribution in [2.24, 2.45) is 0 Å². The topological polar surface area (TPSA) is 98.6 Å². The van der Waals surface area contributed by atoms with E-state index in [0.717, 1.165) is 5.69 Å². The Morgan fingerprint density at radius 3 is 2.92 bits per heavy atom. The van der Waals surface area contributed by atoms with Gasteiger partial charge >= 0.3 is 0 Å². The van der Waals surface area contributed by atoms with Crippen LogP contribution in [0.5, 0.6) is 0 Å². The fourth-order valence-corrected chi connectivity index (χ4v) is 1.42. The molecule has 0 unspecified atom stereocenters. The summed E-state index contributed by atoms with van der Waals surface area (Å²) in [6, 6.07) is 3.08. The van der Waals surface area contributed by atoms with Crippen molar-refractivity contribution in [3.8, 4) is 6.07 Å². The average molecular weight is 200 g/mol. The van der Waals surface area contributed by atoms with Crippen molar-refractivity contribution in [1.82, 2.24) is 10.2 Å². The zero-order valence-electron chi connectivity index (χ0n) is 6.90. The van der Waals surface area contributed by atoms with Gasteiger partial charge in [-0.15, -0.1) is 0 Å². The van der Waals surface area contributed by atoms with E-state index in [1.807, 2.05) is 0 Å². The number of rotatable bonds is 3. The number of sulfonamides is 1. The van der Waals surface area contributed by atoms with Crippen LogP contribution in [0.1, 0.15) is 5.69 Å². The van der Waals surface area contributed by atoms with Gasteiger partial charge in [-0.25, -0.2) is 8.42 Å². The summed E-state index contributed by atoms with van der Waals surface area (Å²) in [6.45, 7) is 1.75. The van der Waals surface area contributed by atoms with E-state index in [4.69, 9.17) is 5.26 Å². The van der Waals surface area contributed by atoms with Crippen LogP contribution in [0.15, 0.2) is 6.07 Å². The van der Waals surface area contributed by atoms with Gasteiger partial charge in [0.2, 0.25) is 10.0 Å². The molecule has 1 heterocycles. The molecule has 0 atom stereocenters. The lowest BCUT2D eigenvalue weighted by atomic mass is 10.5. The maximum atomic E-state index is 11.0. The van der Waals surface area contributed by atoms with Crippen molar-refractivity contribution in [3.05, 3.63) is 11.8 Å². The zero-order valence-corrected chi connectivity index (χ0v) is 7.72. The minimum absolute atomic E-state index is 0.202. The molecule has 0 amide bonds. The minimum Gasteiger partial charge on any atom is -0.281 e. The summed E-state index contributed by atoms with van der Waals surface area (Å²) >= 11 is 0. The molecule has 0 spiro atoms. The van der Waals surface area contributed by atoms with E-state index in [0.29, 0.717) is 0 Å². The molecule has 6 nitrogen and oxygen atoms in total. The SMILES string of the molecule is Cc1cc(NS(=O)(=O)CC#N)n[nH]1. The molecule has 0 aliphatic carbocycles. The van der Waals surface area contributed by atoms with E-state index in [1.54, 1.807) is 13.0 Å². The van der Waals surface area contributed by atoms with E-state index in [2.05, 4.69) is 14.9 Å². The van der Waals surface area contributed by atoms with Crippen molar-refractivity contribution < 1.29 is 8.42 Å². The molecule has 0 radical (unpaired) electrons. The van der Waals surface area contributed by atoms with Gasteiger partial charge in [0.15, 0.2) is 11.6 Å². The van der Waals surface area contributed by atoms with Gasteiger partial charge < -0.3 is 0 Å². The number of aromatic nitrogens is 2. The Kier molecular flexibility index (Phi) is 2.53. The molecule has 0 aliphatic rings. The molecule has 0 bridgehead atoms. The first-order chi connectivity index (χ1) is 6.03. The van der Waals surface area contributed by atoms with E-state index in [-0.39, 0.29) is 5.82 Å². The summed E-state index contributed by atoms with van der Waals surface area (Å²) in [7, 11) is -3.56. The van der Waals surface area contributed by atoms with Crippen LogP contribution >= 0.6 is 0 Å². The Morgan fingerprint density at radius 1 is 1.77 bits per heavy atom. The molecule has 70 valence electrons. The maximum Gasteiger partial charge on any atom is 0.247 e. The molecule has 13 heavy (non-hydrogen) atoms. The Balaban J connectivity index is 2.76. The normalized spacial score (nSPS) is 10.8. The number of hydrogen-bond donors (Lipinski definition) is 2. The molecule has 2 N–H and O–H groups in total. The third-order valence-corrected chi connectivity index (χ3v) is 2.25. The van der Waals surface area contributed by atoms with Crippen LogP contribution in [0.4, 0.5) is 5.82 Å². The van der Waals surface area contributed by atoms with Gasteiger partial charge in [0.05, 0.1) is 6.07 Å². The van der Waals surface area contributed by atoms with Crippen LogP contribution in [0.25, 0.3) is 0 Å². The third-order valence-electron chi connectivity index (χ3n) is 1.22. The van der Waals surface area contributed by atoms with Crippen molar-refractivity contribution >= 4 is 15.8 Å². The summed E-state index contributed by atoms with van der Waals surface area (Å²) in [4.78, 5) is 0. The maximum absolute atomic E-state index is 11.0. The lowest BCUT2D eigenvalue weighted by molar-refractivity contribution is 0.604. The highest BCUT2D eigenvalue weighted by molar-refractivity contribution is 7.92. The minimum atomic E-state index is -3.56. The fraction of sp³-hybridized carbons (Fsp3) is 0.333. The van der Waals surface area contributed by atoms with Gasteiger partial charge in [0, 0.05) is 11.8 Å². The number of nitriles is 1. The quantitative estimate of drug-likeness (QED) is 0.716. The summed E-state index contributed by atoms with van der Waals surface area (Å²) in [5.41, 5.74) is 0.745. The van der Waals surface area contributed by atoms with E-state index in [1.165, 1.54) is 6.07 Å². The molecule has 1 rings (SSSR count). The van der Waals surface area contributed by atoms with Crippen molar-refractivity contribution in [1.29, 1.82) is 5.26 Å². The van der Waals surface area contributed by atoms with Crippen LogP contribution in [0, 0.1) is 18.3 Å². The number of hydrogen-bond acceptors (Lipinski definition) is 4.